The van der Waals surface area contributed by atoms with E-state index in [9.17, 15) is 14.0 Å². The van der Waals surface area contributed by atoms with E-state index in [2.05, 4.69) is 15.5 Å². The lowest BCUT2D eigenvalue weighted by Crippen LogP contribution is -2.29. The molecule has 1 N–H and O–H groups in total. The number of benzene rings is 2. The molecule has 1 atom stereocenters. The predicted molar refractivity (Wildman–Crippen MR) is 109 cm³/mol. The third kappa shape index (κ3) is 4.72. The van der Waals surface area contributed by atoms with Gasteiger partial charge >= 0.3 is 0 Å². The number of halogens is 1. The zero-order valence-electron chi connectivity index (χ0n) is 16.3. The Morgan fingerprint density at radius 3 is 2.57 bits per heavy atom. The number of nitrogens with zero attached hydrogens (tertiary/aromatic N) is 4. The number of amides is 1. The van der Waals surface area contributed by atoms with Crippen molar-refractivity contribution in [1.82, 2.24) is 20.1 Å². The van der Waals surface area contributed by atoms with Gasteiger partial charge in [-0.1, -0.05) is 36.0 Å². The largest absolute Gasteiger partial charge is 0.342 e. The highest BCUT2D eigenvalue weighted by Crippen LogP contribution is 2.21. The van der Waals surface area contributed by atoms with Crippen LogP contribution in [0.2, 0.25) is 0 Å². The molecule has 152 valence electrons. The molecule has 0 saturated carbocycles. The summed E-state index contributed by atoms with van der Waals surface area (Å²) in [5.74, 6) is -0.622. The van der Waals surface area contributed by atoms with E-state index >= 15 is 0 Å². The third-order valence-electron chi connectivity index (χ3n) is 4.39. The molecule has 3 rings (SSSR count). The summed E-state index contributed by atoms with van der Waals surface area (Å²) in [6, 6.07) is 13.6. The van der Waals surface area contributed by atoms with E-state index in [0.717, 1.165) is 0 Å². The Bertz CT molecular complexity index is 1120. The molecular weight excluding hydrogens is 405 g/mol. The lowest BCUT2D eigenvalue weighted by molar-refractivity contribution is 0.0933. The molecule has 0 aliphatic carbocycles. The minimum Gasteiger partial charge on any atom is -0.342 e. The maximum atomic E-state index is 13.8. The van der Waals surface area contributed by atoms with Crippen LogP contribution in [0.4, 0.5) is 4.39 Å². The summed E-state index contributed by atoms with van der Waals surface area (Å²) < 4.78 is 15.5. The second-order valence-corrected chi connectivity index (χ2v) is 7.42. The zero-order chi connectivity index (χ0) is 21.7. The van der Waals surface area contributed by atoms with Crippen molar-refractivity contribution in [2.24, 2.45) is 7.05 Å². The summed E-state index contributed by atoms with van der Waals surface area (Å²) in [6.07, 6.45) is 0. The van der Waals surface area contributed by atoms with Gasteiger partial charge in [0, 0.05) is 12.6 Å². The van der Waals surface area contributed by atoms with Gasteiger partial charge in [-0.25, -0.2) is 4.39 Å². The van der Waals surface area contributed by atoms with Crippen LogP contribution in [-0.2, 0) is 7.05 Å². The molecule has 0 aliphatic heterocycles. The highest BCUT2D eigenvalue weighted by atomic mass is 32.2. The van der Waals surface area contributed by atoms with E-state index in [-0.39, 0.29) is 17.1 Å². The molecule has 0 aliphatic rings. The fourth-order valence-electron chi connectivity index (χ4n) is 2.76. The van der Waals surface area contributed by atoms with Crippen molar-refractivity contribution in [2.45, 2.75) is 18.1 Å². The average Bonchev–Trinajstić information content (AvgIpc) is 3.12. The van der Waals surface area contributed by atoms with Gasteiger partial charge < -0.3 is 9.88 Å². The number of thioether (sulfide) groups is 1. The lowest BCUT2D eigenvalue weighted by Gasteiger charge is -2.14. The number of aromatic nitrogens is 3. The number of rotatable bonds is 7. The third-order valence-corrected chi connectivity index (χ3v) is 5.41. The summed E-state index contributed by atoms with van der Waals surface area (Å²) >= 11 is 1.22. The van der Waals surface area contributed by atoms with Crippen molar-refractivity contribution in [1.29, 1.82) is 5.26 Å². The molecule has 1 amide bonds. The van der Waals surface area contributed by atoms with Crippen LogP contribution in [0, 0.1) is 17.1 Å². The highest BCUT2D eigenvalue weighted by Gasteiger charge is 2.20. The summed E-state index contributed by atoms with van der Waals surface area (Å²) in [6.45, 7) is 1.72. The molecule has 7 nitrogen and oxygen atoms in total. The van der Waals surface area contributed by atoms with Crippen molar-refractivity contribution in [3.05, 3.63) is 76.9 Å². The lowest BCUT2D eigenvalue weighted by atomic mass is 10.1. The van der Waals surface area contributed by atoms with Crippen LogP contribution in [0.3, 0.4) is 0 Å². The number of hydrogen-bond donors (Lipinski definition) is 1. The number of ketones is 1. The molecule has 0 bridgehead atoms. The number of nitriles is 1. The average molecular weight is 423 g/mol. The SMILES string of the molecule is C[C@H](NC(=O)c1ccccc1F)c1nnc(SCC(=O)c2ccc(C#N)cc2)n1C. The molecule has 0 spiro atoms. The summed E-state index contributed by atoms with van der Waals surface area (Å²) in [7, 11) is 1.73. The molecule has 1 aromatic heterocycles. The predicted octanol–water partition coefficient (Wildman–Crippen LogP) is 3.29. The molecule has 30 heavy (non-hydrogen) atoms. The number of carbonyl (C=O) groups excluding carboxylic acids is 2. The van der Waals surface area contributed by atoms with Gasteiger partial charge in [0.15, 0.2) is 16.8 Å². The fourth-order valence-corrected chi connectivity index (χ4v) is 3.57. The van der Waals surface area contributed by atoms with Gasteiger partial charge in [-0.15, -0.1) is 10.2 Å². The van der Waals surface area contributed by atoms with Crippen molar-refractivity contribution in [2.75, 3.05) is 5.75 Å². The molecule has 3 aromatic rings. The molecule has 0 saturated heterocycles. The van der Waals surface area contributed by atoms with E-state index in [1.165, 1.54) is 30.0 Å². The number of nitrogens with one attached hydrogen (secondary N) is 1. The molecule has 2 aromatic carbocycles. The maximum Gasteiger partial charge on any atom is 0.254 e. The van der Waals surface area contributed by atoms with Gasteiger partial charge in [0.2, 0.25) is 0 Å². The highest BCUT2D eigenvalue weighted by molar-refractivity contribution is 7.99. The van der Waals surface area contributed by atoms with Crippen molar-refractivity contribution < 1.29 is 14.0 Å². The van der Waals surface area contributed by atoms with Crippen LogP contribution in [0.15, 0.2) is 53.7 Å². The Kier molecular flexibility index (Phi) is 6.59. The van der Waals surface area contributed by atoms with Crippen molar-refractivity contribution in [3.63, 3.8) is 0 Å². The van der Waals surface area contributed by atoms with Gasteiger partial charge in [0.25, 0.3) is 5.91 Å². The first-order valence-electron chi connectivity index (χ1n) is 9.01. The van der Waals surface area contributed by atoms with Crippen LogP contribution >= 0.6 is 11.8 Å². The van der Waals surface area contributed by atoms with Crippen LogP contribution in [0.25, 0.3) is 0 Å². The Hall–Kier alpha value is -3.51. The number of carbonyl (C=O) groups is 2. The van der Waals surface area contributed by atoms with Crippen molar-refractivity contribution in [3.8, 4) is 6.07 Å². The standard InChI is InChI=1S/C21H18FN5O2S/c1-13(24-20(29)16-5-3-4-6-17(16)22)19-25-26-21(27(19)2)30-12-18(28)15-9-7-14(11-23)8-10-15/h3-10,13H,12H2,1-2H3,(H,24,29)/t13-/m0/s1. The number of hydrogen-bond acceptors (Lipinski definition) is 6. The monoisotopic (exact) mass is 423 g/mol. The first-order valence-corrected chi connectivity index (χ1v) is 10.00. The first-order chi connectivity index (χ1) is 14.4. The Balaban J connectivity index is 1.63. The minimum absolute atomic E-state index is 0.0471. The molecule has 0 unspecified atom stereocenters. The molecular formula is C21H18FN5O2S. The molecule has 0 fully saturated rings. The minimum atomic E-state index is -0.599. The molecule has 0 radical (unpaired) electrons. The Morgan fingerprint density at radius 2 is 1.90 bits per heavy atom. The van der Waals surface area contributed by atoms with Gasteiger partial charge in [-0.3, -0.25) is 9.59 Å². The van der Waals surface area contributed by atoms with E-state index < -0.39 is 17.8 Å². The van der Waals surface area contributed by atoms with Gasteiger partial charge in [-0.2, -0.15) is 5.26 Å². The van der Waals surface area contributed by atoms with E-state index in [1.807, 2.05) is 6.07 Å². The van der Waals surface area contributed by atoms with E-state index in [4.69, 9.17) is 5.26 Å². The van der Waals surface area contributed by atoms with E-state index in [1.54, 1.807) is 48.9 Å². The van der Waals surface area contributed by atoms with Crippen LogP contribution in [0.5, 0.6) is 0 Å². The van der Waals surface area contributed by atoms with Gasteiger partial charge in [0.1, 0.15) is 5.82 Å². The van der Waals surface area contributed by atoms with Gasteiger partial charge in [-0.05, 0) is 31.2 Å². The van der Waals surface area contributed by atoms with Crippen LogP contribution in [-0.4, -0.2) is 32.2 Å². The first kappa shape index (κ1) is 21.2. The Morgan fingerprint density at radius 1 is 1.20 bits per heavy atom. The van der Waals surface area contributed by atoms with Crippen LogP contribution < -0.4 is 5.32 Å². The fraction of sp³-hybridized carbons (Fsp3) is 0.190. The number of Topliss-reactive ketones (excluding diaryl/α,β-unsaturated/α-hetero) is 1. The Labute approximate surface area is 176 Å². The van der Waals surface area contributed by atoms with Gasteiger partial charge in [0.05, 0.1) is 29.0 Å². The maximum absolute atomic E-state index is 13.8. The topological polar surface area (TPSA) is 101 Å². The van der Waals surface area contributed by atoms with E-state index in [0.29, 0.717) is 22.1 Å². The summed E-state index contributed by atoms with van der Waals surface area (Å²) in [5, 5.41) is 20.2. The summed E-state index contributed by atoms with van der Waals surface area (Å²) in [4.78, 5) is 24.7. The smallest absolute Gasteiger partial charge is 0.254 e. The second kappa shape index (κ2) is 9.33. The molecule has 1 heterocycles. The quantitative estimate of drug-likeness (QED) is 0.462. The summed E-state index contributed by atoms with van der Waals surface area (Å²) in [5.41, 5.74) is 0.951. The molecule has 9 heteroatoms. The second-order valence-electron chi connectivity index (χ2n) is 6.48. The zero-order valence-corrected chi connectivity index (χ0v) is 17.1. The van der Waals surface area contributed by atoms with Crippen molar-refractivity contribution >= 4 is 23.5 Å². The van der Waals surface area contributed by atoms with Crippen LogP contribution in [0.1, 0.15) is 45.1 Å². The normalized spacial score (nSPS) is 11.5.